The summed E-state index contributed by atoms with van der Waals surface area (Å²) in [6.07, 6.45) is -9.26. The maximum absolute atomic E-state index is 13.0. The van der Waals surface area contributed by atoms with Crippen LogP contribution in [0, 0.1) is 0 Å². The maximum atomic E-state index is 13.0. The minimum atomic E-state index is -4.80. The van der Waals surface area contributed by atoms with Gasteiger partial charge in [0.25, 0.3) is 0 Å². The molecular weight excluding hydrogens is 348 g/mol. The monoisotopic (exact) mass is 363 g/mol. The lowest BCUT2D eigenvalue weighted by molar-refractivity contribution is -0.274. The van der Waals surface area contributed by atoms with Gasteiger partial charge in [-0.2, -0.15) is 13.2 Å². The third kappa shape index (κ3) is 5.97. The molecule has 0 saturated heterocycles. The number of nitrogens with zero attached hydrogens (tertiary/aromatic N) is 1. The molecule has 0 aliphatic heterocycles. The van der Waals surface area contributed by atoms with E-state index < -0.39 is 18.1 Å². The molecule has 2 aromatic rings. The first kappa shape index (κ1) is 19.1. The van der Waals surface area contributed by atoms with Crippen LogP contribution in [0.3, 0.4) is 0 Å². The van der Waals surface area contributed by atoms with E-state index >= 15 is 0 Å². The molecule has 2 rings (SSSR count). The van der Waals surface area contributed by atoms with Gasteiger partial charge in [-0.25, -0.2) is 0 Å². The van der Waals surface area contributed by atoms with Crippen molar-refractivity contribution in [2.75, 3.05) is 7.05 Å². The Labute approximate surface area is 140 Å². The lowest BCUT2D eigenvalue weighted by atomic mass is 10.1. The van der Waals surface area contributed by atoms with Crippen LogP contribution in [0.4, 0.5) is 26.3 Å². The quantitative estimate of drug-likeness (QED) is 0.674. The standard InChI is InChI=1S/C17H15F6NO/c1-24(11-13-6-2-3-8-15(13)16(18,19)20)10-12-5-4-7-14(9-12)25-17(21,22)23/h2-9H,10-11H2,1H3. The molecule has 0 aliphatic carbocycles. The summed E-state index contributed by atoms with van der Waals surface area (Å²) >= 11 is 0. The molecule has 0 amide bonds. The third-order valence-corrected chi connectivity index (χ3v) is 3.35. The van der Waals surface area contributed by atoms with Gasteiger partial charge in [0.05, 0.1) is 5.56 Å². The van der Waals surface area contributed by atoms with Gasteiger partial charge in [-0.1, -0.05) is 30.3 Å². The summed E-state index contributed by atoms with van der Waals surface area (Å²) in [6, 6.07) is 10.5. The van der Waals surface area contributed by atoms with E-state index in [0.29, 0.717) is 5.56 Å². The fourth-order valence-corrected chi connectivity index (χ4v) is 2.43. The van der Waals surface area contributed by atoms with Crippen molar-refractivity contribution < 1.29 is 31.1 Å². The second-order valence-electron chi connectivity index (χ2n) is 5.52. The van der Waals surface area contributed by atoms with E-state index in [4.69, 9.17) is 0 Å². The first-order valence-electron chi connectivity index (χ1n) is 7.23. The molecule has 0 N–H and O–H groups in total. The average molecular weight is 363 g/mol. The Morgan fingerprint density at radius 1 is 0.880 bits per heavy atom. The van der Waals surface area contributed by atoms with Crippen LogP contribution in [-0.2, 0) is 19.3 Å². The summed E-state index contributed by atoms with van der Waals surface area (Å²) < 4.78 is 79.5. The highest BCUT2D eigenvalue weighted by Gasteiger charge is 2.33. The molecule has 0 radical (unpaired) electrons. The summed E-state index contributed by atoms with van der Waals surface area (Å²) in [6.45, 7) is 0.168. The Hall–Kier alpha value is -2.22. The van der Waals surface area contributed by atoms with Crippen molar-refractivity contribution in [3.05, 3.63) is 65.2 Å². The first-order valence-corrected chi connectivity index (χ1v) is 7.23. The highest BCUT2D eigenvalue weighted by atomic mass is 19.4. The summed E-state index contributed by atoms with van der Waals surface area (Å²) in [5, 5.41) is 0. The van der Waals surface area contributed by atoms with Gasteiger partial charge in [0.15, 0.2) is 0 Å². The Bertz CT molecular complexity index is 711. The van der Waals surface area contributed by atoms with E-state index in [1.807, 2.05) is 0 Å². The summed E-state index contributed by atoms with van der Waals surface area (Å²) in [7, 11) is 1.59. The van der Waals surface area contributed by atoms with Crippen LogP contribution in [0.25, 0.3) is 0 Å². The maximum Gasteiger partial charge on any atom is 0.573 e. The van der Waals surface area contributed by atoms with E-state index in [1.165, 1.54) is 30.3 Å². The Morgan fingerprint density at radius 3 is 2.20 bits per heavy atom. The van der Waals surface area contributed by atoms with Crippen LogP contribution in [0.5, 0.6) is 5.75 Å². The van der Waals surface area contributed by atoms with Gasteiger partial charge in [-0.15, -0.1) is 13.2 Å². The molecule has 0 aromatic heterocycles. The highest BCUT2D eigenvalue weighted by molar-refractivity contribution is 5.31. The molecule has 8 heteroatoms. The molecule has 0 unspecified atom stereocenters. The van der Waals surface area contributed by atoms with Crippen molar-refractivity contribution in [1.82, 2.24) is 4.90 Å². The second-order valence-corrected chi connectivity index (χ2v) is 5.52. The second kappa shape index (κ2) is 7.35. The van der Waals surface area contributed by atoms with Gasteiger partial charge in [0.1, 0.15) is 5.75 Å². The summed E-state index contributed by atoms with van der Waals surface area (Å²) in [5.41, 5.74) is -0.134. The van der Waals surface area contributed by atoms with E-state index in [9.17, 15) is 26.3 Å². The highest BCUT2D eigenvalue weighted by Crippen LogP contribution is 2.32. The summed E-state index contributed by atoms with van der Waals surface area (Å²) in [5.74, 6) is -0.367. The van der Waals surface area contributed by atoms with Gasteiger partial charge in [0, 0.05) is 13.1 Å². The average Bonchev–Trinajstić information content (AvgIpc) is 2.45. The number of alkyl halides is 6. The van der Waals surface area contributed by atoms with Crippen molar-refractivity contribution in [3.63, 3.8) is 0 Å². The minimum Gasteiger partial charge on any atom is -0.406 e. The Kier molecular flexibility index (Phi) is 5.62. The van der Waals surface area contributed by atoms with Crippen LogP contribution in [0.15, 0.2) is 48.5 Å². The molecule has 0 saturated carbocycles. The zero-order chi connectivity index (χ0) is 18.7. The zero-order valence-electron chi connectivity index (χ0n) is 13.2. The molecule has 0 spiro atoms. The fourth-order valence-electron chi connectivity index (χ4n) is 2.43. The topological polar surface area (TPSA) is 12.5 Å². The normalized spacial score (nSPS) is 12.5. The predicted molar refractivity (Wildman–Crippen MR) is 79.7 cm³/mol. The van der Waals surface area contributed by atoms with Crippen molar-refractivity contribution in [2.24, 2.45) is 0 Å². The largest absolute Gasteiger partial charge is 0.573 e. The smallest absolute Gasteiger partial charge is 0.406 e. The van der Waals surface area contributed by atoms with Crippen LogP contribution in [0.1, 0.15) is 16.7 Å². The first-order chi connectivity index (χ1) is 11.5. The Morgan fingerprint density at radius 2 is 1.56 bits per heavy atom. The molecule has 25 heavy (non-hydrogen) atoms. The Balaban J connectivity index is 2.09. The van der Waals surface area contributed by atoms with Crippen molar-refractivity contribution in [1.29, 1.82) is 0 Å². The van der Waals surface area contributed by atoms with Crippen molar-refractivity contribution in [3.8, 4) is 5.75 Å². The molecule has 0 aliphatic rings. The molecule has 136 valence electrons. The lowest BCUT2D eigenvalue weighted by Crippen LogP contribution is -2.20. The predicted octanol–water partition coefficient (Wildman–Crippen LogP) is 5.24. The number of hydrogen-bond acceptors (Lipinski definition) is 2. The van der Waals surface area contributed by atoms with E-state index in [0.717, 1.165) is 12.1 Å². The molecule has 0 fully saturated rings. The van der Waals surface area contributed by atoms with E-state index in [2.05, 4.69) is 4.74 Å². The van der Waals surface area contributed by atoms with Gasteiger partial charge in [-0.3, -0.25) is 4.90 Å². The zero-order valence-corrected chi connectivity index (χ0v) is 13.2. The minimum absolute atomic E-state index is 0.0000386. The molecule has 0 bridgehead atoms. The fraction of sp³-hybridized carbons (Fsp3) is 0.294. The number of hydrogen-bond donors (Lipinski definition) is 0. The molecule has 2 nitrogen and oxygen atoms in total. The molecule has 0 atom stereocenters. The van der Waals surface area contributed by atoms with Crippen LogP contribution in [-0.4, -0.2) is 18.3 Å². The number of benzene rings is 2. The van der Waals surface area contributed by atoms with E-state index in [1.54, 1.807) is 18.0 Å². The molecule has 2 aromatic carbocycles. The van der Waals surface area contributed by atoms with Crippen LogP contribution >= 0.6 is 0 Å². The molecule has 0 heterocycles. The van der Waals surface area contributed by atoms with Gasteiger partial charge < -0.3 is 4.74 Å². The number of rotatable bonds is 5. The van der Waals surface area contributed by atoms with E-state index in [-0.39, 0.29) is 24.4 Å². The third-order valence-electron chi connectivity index (χ3n) is 3.35. The number of halogens is 6. The van der Waals surface area contributed by atoms with Gasteiger partial charge in [0.2, 0.25) is 0 Å². The van der Waals surface area contributed by atoms with Gasteiger partial charge >= 0.3 is 12.5 Å². The van der Waals surface area contributed by atoms with Crippen LogP contribution in [0.2, 0.25) is 0 Å². The SMILES string of the molecule is CN(Cc1cccc(OC(F)(F)F)c1)Cc1ccccc1C(F)(F)F. The van der Waals surface area contributed by atoms with Crippen molar-refractivity contribution in [2.45, 2.75) is 25.6 Å². The van der Waals surface area contributed by atoms with Crippen LogP contribution < -0.4 is 4.74 Å². The summed E-state index contributed by atoms with van der Waals surface area (Å²) in [4.78, 5) is 1.58. The molecular formula is C17H15F6NO. The van der Waals surface area contributed by atoms with Crippen molar-refractivity contribution >= 4 is 0 Å². The number of ether oxygens (including phenoxy) is 1. The lowest BCUT2D eigenvalue weighted by Gasteiger charge is -2.20. The van der Waals surface area contributed by atoms with Gasteiger partial charge in [-0.05, 0) is 36.4 Å².